The van der Waals surface area contributed by atoms with Crippen LogP contribution in [0.4, 0.5) is 11.4 Å². The van der Waals surface area contributed by atoms with Gasteiger partial charge in [-0.2, -0.15) is 5.26 Å². The fraction of sp³-hybridized carbons (Fsp3) is 0.400. The van der Waals surface area contributed by atoms with Crippen LogP contribution in [0.1, 0.15) is 12.5 Å². The third kappa shape index (κ3) is 4.24. The quantitative estimate of drug-likeness (QED) is 0.633. The van der Waals surface area contributed by atoms with E-state index >= 15 is 0 Å². The summed E-state index contributed by atoms with van der Waals surface area (Å²) in [5.74, 6) is 0. The number of aromatic nitrogens is 2. The lowest BCUT2D eigenvalue weighted by Crippen LogP contribution is -2.54. The van der Waals surface area contributed by atoms with Crippen LogP contribution in [0.3, 0.4) is 0 Å². The predicted octanol–water partition coefficient (Wildman–Crippen LogP) is 2.92. The molecule has 32 heavy (non-hydrogen) atoms. The summed E-state index contributed by atoms with van der Waals surface area (Å²) in [5, 5.41) is 10.5. The number of hydrogen-bond donors (Lipinski definition) is 0. The highest BCUT2D eigenvalue weighted by molar-refractivity contribution is 5.95. The molecule has 2 atom stereocenters. The maximum absolute atomic E-state index is 9.46. The first kappa shape index (κ1) is 20.7. The Bertz CT molecular complexity index is 1110. The monoisotopic (exact) mass is 428 g/mol. The minimum Gasteiger partial charge on any atom is -0.370 e. The number of pyridine rings is 2. The third-order valence-electron chi connectivity index (χ3n) is 6.40. The Morgan fingerprint density at radius 3 is 2.59 bits per heavy atom. The standard InChI is InChI=1S/C25H28N6O/c1-19-16-31(24-5-4-20(15-26)25-23(24)3-2-8-28-25)18-22(32-19)17-29-11-13-30(14-12-29)21-6-9-27-10-7-21/h2-10,19,22H,11-14,16-18H2,1H3. The molecule has 0 amide bonds. The molecule has 0 saturated carbocycles. The van der Waals surface area contributed by atoms with E-state index in [4.69, 9.17) is 4.74 Å². The molecule has 2 unspecified atom stereocenters. The molecule has 0 spiro atoms. The first-order chi connectivity index (χ1) is 15.7. The van der Waals surface area contributed by atoms with Gasteiger partial charge < -0.3 is 14.5 Å². The zero-order chi connectivity index (χ0) is 21.9. The summed E-state index contributed by atoms with van der Waals surface area (Å²) in [4.78, 5) is 15.9. The second-order valence-electron chi connectivity index (χ2n) is 8.61. The summed E-state index contributed by atoms with van der Waals surface area (Å²) in [6, 6.07) is 14.4. The average Bonchev–Trinajstić information content (AvgIpc) is 2.84. The molecule has 0 aliphatic carbocycles. The zero-order valence-electron chi connectivity index (χ0n) is 18.4. The molecule has 0 radical (unpaired) electrons. The van der Waals surface area contributed by atoms with Gasteiger partial charge in [-0.05, 0) is 43.3 Å². The van der Waals surface area contributed by atoms with Crippen LogP contribution >= 0.6 is 0 Å². The lowest BCUT2D eigenvalue weighted by atomic mass is 10.1. The number of piperazine rings is 1. The number of anilines is 2. The van der Waals surface area contributed by atoms with E-state index in [9.17, 15) is 5.26 Å². The number of nitriles is 1. The van der Waals surface area contributed by atoms with Crippen molar-refractivity contribution in [2.45, 2.75) is 19.1 Å². The zero-order valence-corrected chi connectivity index (χ0v) is 18.4. The van der Waals surface area contributed by atoms with Crippen LogP contribution in [0.25, 0.3) is 10.9 Å². The predicted molar refractivity (Wildman–Crippen MR) is 126 cm³/mol. The summed E-state index contributed by atoms with van der Waals surface area (Å²) >= 11 is 0. The van der Waals surface area contributed by atoms with E-state index in [-0.39, 0.29) is 12.2 Å². The van der Waals surface area contributed by atoms with E-state index in [1.54, 1.807) is 6.20 Å². The van der Waals surface area contributed by atoms with Crippen molar-refractivity contribution in [2.75, 3.05) is 55.6 Å². The third-order valence-corrected chi connectivity index (χ3v) is 6.40. The van der Waals surface area contributed by atoms with E-state index in [0.29, 0.717) is 5.56 Å². The minimum absolute atomic E-state index is 0.147. The molecule has 2 aliphatic heterocycles. The number of fused-ring (bicyclic) bond motifs is 1. The van der Waals surface area contributed by atoms with Crippen LogP contribution in [0.15, 0.2) is 55.0 Å². The summed E-state index contributed by atoms with van der Waals surface area (Å²) in [6.45, 7) is 8.83. The number of benzene rings is 1. The summed E-state index contributed by atoms with van der Waals surface area (Å²) in [5.41, 5.74) is 3.77. The van der Waals surface area contributed by atoms with Gasteiger partial charge in [0, 0.05) is 81.2 Å². The molecule has 0 bridgehead atoms. The van der Waals surface area contributed by atoms with Gasteiger partial charge >= 0.3 is 0 Å². The molecule has 2 fully saturated rings. The lowest BCUT2D eigenvalue weighted by Gasteiger charge is -2.42. The molecule has 2 aliphatic rings. The molecule has 2 saturated heterocycles. The summed E-state index contributed by atoms with van der Waals surface area (Å²) in [6.07, 6.45) is 5.76. The average molecular weight is 429 g/mol. The number of hydrogen-bond acceptors (Lipinski definition) is 7. The molecule has 5 rings (SSSR count). The van der Waals surface area contributed by atoms with E-state index in [2.05, 4.69) is 61.9 Å². The van der Waals surface area contributed by atoms with Crippen molar-refractivity contribution >= 4 is 22.3 Å². The van der Waals surface area contributed by atoms with Crippen LogP contribution in [0.2, 0.25) is 0 Å². The Kier molecular flexibility index (Phi) is 5.89. The van der Waals surface area contributed by atoms with Crippen LogP contribution in [0.5, 0.6) is 0 Å². The topological polar surface area (TPSA) is 68.5 Å². The van der Waals surface area contributed by atoms with Crippen LogP contribution < -0.4 is 9.80 Å². The molecule has 7 nitrogen and oxygen atoms in total. The van der Waals surface area contributed by atoms with E-state index in [1.807, 2.05) is 24.5 Å². The molecular weight excluding hydrogens is 400 g/mol. The van der Waals surface area contributed by atoms with Gasteiger partial charge in [0.05, 0.1) is 23.3 Å². The van der Waals surface area contributed by atoms with Crippen molar-refractivity contribution in [3.05, 3.63) is 60.6 Å². The maximum atomic E-state index is 9.46. The molecule has 164 valence electrons. The number of rotatable bonds is 4. The van der Waals surface area contributed by atoms with Gasteiger partial charge in [0.15, 0.2) is 0 Å². The van der Waals surface area contributed by atoms with Crippen molar-refractivity contribution in [1.82, 2.24) is 14.9 Å². The first-order valence-corrected chi connectivity index (χ1v) is 11.3. The SMILES string of the molecule is CC1CN(c2ccc(C#N)c3ncccc23)CC(CN2CCN(c3ccncc3)CC2)O1. The Morgan fingerprint density at radius 1 is 1.00 bits per heavy atom. The van der Waals surface area contributed by atoms with Crippen LogP contribution in [-0.2, 0) is 4.74 Å². The maximum Gasteiger partial charge on any atom is 0.101 e. The number of nitrogens with zero attached hydrogens (tertiary/aromatic N) is 6. The smallest absolute Gasteiger partial charge is 0.101 e. The van der Waals surface area contributed by atoms with E-state index < -0.39 is 0 Å². The van der Waals surface area contributed by atoms with E-state index in [0.717, 1.165) is 62.4 Å². The van der Waals surface area contributed by atoms with E-state index in [1.165, 1.54) is 5.69 Å². The summed E-state index contributed by atoms with van der Waals surface area (Å²) < 4.78 is 6.34. The lowest BCUT2D eigenvalue weighted by molar-refractivity contribution is -0.0327. The van der Waals surface area contributed by atoms with Crippen molar-refractivity contribution < 1.29 is 4.74 Å². The number of ether oxygens (including phenoxy) is 1. The van der Waals surface area contributed by atoms with Crippen molar-refractivity contribution in [3.8, 4) is 6.07 Å². The highest BCUT2D eigenvalue weighted by atomic mass is 16.5. The highest BCUT2D eigenvalue weighted by Crippen LogP contribution is 2.30. The molecule has 3 aromatic rings. The Hall–Kier alpha value is -3.21. The van der Waals surface area contributed by atoms with Crippen LogP contribution in [0, 0.1) is 11.3 Å². The normalized spacial score (nSPS) is 22.1. The largest absolute Gasteiger partial charge is 0.370 e. The van der Waals surface area contributed by atoms with Gasteiger partial charge in [-0.3, -0.25) is 14.9 Å². The first-order valence-electron chi connectivity index (χ1n) is 11.3. The fourth-order valence-electron chi connectivity index (χ4n) is 4.90. The fourth-order valence-corrected chi connectivity index (χ4v) is 4.90. The second kappa shape index (κ2) is 9.11. The number of morpholine rings is 1. The molecule has 4 heterocycles. The van der Waals surface area contributed by atoms with Crippen molar-refractivity contribution in [3.63, 3.8) is 0 Å². The molecule has 2 aromatic heterocycles. The Balaban J connectivity index is 1.27. The van der Waals surface area contributed by atoms with Gasteiger partial charge in [0.2, 0.25) is 0 Å². The molecule has 1 aromatic carbocycles. The van der Waals surface area contributed by atoms with Gasteiger partial charge in [-0.25, -0.2) is 0 Å². The van der Waals surface area contributed by atoms with Gasteiger partial charge in [0.1, 0.15) is 6.07 Å². The second-order valence-corrected chi connectivity index (χ2v) is 8.61. The summed E-state index contributed by atoms with van der Waals surface area (Å²) in [7, 11) is 0. The van der Waals surface area contributed by atoms with Crippen molar-refractivity contribution in [1.29, 1.82) is 5.26 Å². The highest BCUT2D eigenvalue weighted by Gasteiger charge is 2.29. The van der Waals surface area contributed by atoms with Gasteiger partial charge in [-0.1, -0.05) is 0 Å². The molecule has 7 heteroatoms. The van der Waals surface area contributed by atoms with Gasteiger partial charge in [0.25, 0.3) is 0 Å². The molecule has 0 N–H and O–H groups in total. The van der Waals surface area contributed by atoms with Crippen molar-refractivity contribution in [2.24, 2.45) is 0 Å². The van der Waals surface area contributed by atoms with Gasteiger partial charge in [-0.15, -0.1) is 0 Å². The van der Waals surface area contributed by atoms with Crippen LogP contribution in [-0.4, -0.2) is 72.9 Å². The minimum atomic E-state index is 0.147. The Labute approximate surface area is 188 Å². The Morgan fingerprint density at radius 2 is 1.81 bits per heavy atom. The molecular formula is C25H28N6O.